The number of benzene rings is 2. The van der Waals surface area contributed by atoms with E-state index in [0.29, 0.717) is 16.3 Å². The Balaban J connectivity index is 2.20. The van der Waals surface area contributed by atoms with Gasteiger partial charge in [0.2, 0.25) is 5.78 Å². The van der Waals surface area contributed by atoms with Gasteiger partial charge in [0.25, 0.3) is 0 Å². The van der Waals surface area contributed by atoms with Crippen molar-refractivity contribution >= 4 is 28.2 Å². The van der Waals surface area contributed by atoms with Crippen molar-refractivity contribution in [1.29, 1.82) is 0 Å². The molecule has 0 aliphatic rings. The van der Waals surface area contributed by atoms with Crippen LogP contribution in [0.4, 0.5) is 0 Å². The fourth-order valence-electron chi connectivity index (χ4n) is 2.07. The molecule has 0 N–H and O–H groups in total. The van der Waals surface area contributed by atoms with Gasteiger partial charge in [0, 0.05) is 17.1 Å². The highest BCUT2D eigenvalue weighted by molar-refractivity contribution is 6.35. The SMILES string of the molecule is O=C(c1ccccc1Cl)c1nccc2ccccc12. The second kappa shape index (κ2) is 4.82. The minimum atomic E-state index is -0.151. The van der Waals surface area contributed by atoms with Gasteiger partial charge in [0.15, 0.2) is 0 Å². The highest BCUT2D eigenvalue weighted by atomic mass is 35.5. The van der Waals surface area contributed by atoms with E-state index < -0.39 is 0 Å². The molecule has 0 bridgehead atoms. The summed E-state index contributed by atoms with van der Waals surface area (Å²) in [6.07, 6.45) is 1.65. The summed E-state index contributed by atoms with van der Waals surface area (Å²) in [7, 11) is 0. The number of fused-ring (bicyclic) bond motifs is 1. The van der Waals surface area contributed by atoms with Gasteiger partial charge in [-0.25, -0.2) is 0 Å². The molecule has 3 heteroatoms. The summed E-state index contributed by atoms with van der Waals surface area (Å²) >= 11 is 6.07. The van der Waals surface area contributed by atoms with E-state index in [0.717, 1.165) is 10.8 Å². The first-order valence-corrected chi connectivity index (χ1v) is 6.28. The van der Waals surface area contributed by atoms with Gasteiger partial charge in [-0.3, -0.25) is 9.78 Å². The zero-order valence-corrected chi connectivity index (χ0v) is 10.8. The Morgan fingerprint density at radius 2 is 1.68 bits per heavy atom. The Bertz CT molecular complexity index is 762. The first-order valence-electron chi connectivity index (χ1n) is 5.90. The van der Waals surface area contributed by atoms with Crippen molar-refractivity contribution in [3.8, 4) is 0 Å². The summed E-state index contributed by atoms with van der Waals surface area (Å²) in [6, 6.07) is 16.6. The zero-order chi connectivity index (χ0) is 13.2. The van der Waals surface area contributed by atoms with Gasteiger partial charge < -0.3 is 0 Å². The number of carbonyl (C=O) groups is 1. The molecule has 0 saturated heterocycles. The van der Waals surface area contributed by atoms with Gasteiger partial charge in [-0.05, 0) is 23.6 Å². The molecule has 0 unspecified atom stereocenters. The maximum atomic E-state index is 12.5. The van der Waals surface area contributed by atoms with Crippen LogP contribution < -0.4 is 0 Å². The molecule has 0 fully saturated rings. The van der Waals surface area contributed by atoms with Crippen LogP contribution in [0.15, 0.2) is 60.8 Å². The number of hydrogen-bond donors (Lipinski definition) is 0. The molecular formula is C16H10ClNO. The van der Waals surface area contributed by atoms with Gasteiger partial charge >= 0.3 is 0 Å². The molecule has 92 valence electrons. The van der Waals surface area contributed by atoms with Crippen LogP contribution >= 0.6 is 11.6 Å². The number of hydrogen-bond acceptors (Lipinski definition) is 2. The van der Waals surface area contributed by atoms with E-state index >= 15 is 0 Å². The highest BCUT2D eigenvalue weighted by Gasteiger charge is 2.16. The molecule has 1 heterocycles. The zero-order valence-electron chi connectivity index (χ0n) is 10.0. The lowest BCUT2D eigenvalue weighted by molar-refractivity contribution is 0.103. The van der Waals surface area contributed by atoms with E-state index in [1.54, 1.807) is 30.5 Å². The third kappa shape index (κ3) is 2.11. The van der Waals surface area contributed by atoms with Gasteiger partial charge in [0.05, 0.1) is 5.02 Å². The Morgan fingerprint density at radius 1 is 0.947 bits per heavy atom. The van der Waals surface area contributed by atoms with E-state index in [2.05, 4.69) is 4.98 Å². The lowest BCUT2D eigenvalue weighted by Gasteiger charge is -2.06. The molecule has 0 saturated carbocycles. The molecule has 0 radical (unpaired) electrons. The van der Waals surface area contributed by atoms with Crippen LogP contribution in [0.1, 0.15) is 16.1 Å². The predicted molar refractivity (Wildman–Crippen MR) is 76.6 cm³/mol. The van der Waals surface area contributed by atoms with Crippen molar-refractivity contribution in [2.24, 2.45) is 0 Å². The number of ketones is 1. The molecular weight excluding hydrogens is 258 g/mol. The number of aromatic nitrogens is 1. The molecule has 2 nitrogen and oxygen atoms in total. The van der Waals surface area contributed by atoms with Crippen molar-refractivity contribution in [2.45, 2.75) is 0 Å². The average Bonchev–Trinajstić information content (AvgIpc) is 2.46. The minimum Gasteiger partial charge on any atom is -0.287 e. The van der Waals surface area contributed by atoms with E-state index in [1.807, 2.05) is 30.3 Å². The number of pyridine rings is 1. The van der Waals surface area contributed by atoms with Crippen LogP contribution in [-0.4, -0.2) is 10.8 Å². The minimum absolute atomic E-state index is 0.151. The van der Waals surface area contributed by atoms with Crippen LogP contribution in [-0.2, 0) is 0 Å². The first-order chi connectivity index (χ1) is 9.27. The summed E-state index contributed by atoms with van der Waals surface area (Å²) in [5.41, 5.74) is 0.916. The third-order valence-corrected chi connectivity index (χ3v) is 3.34. The predicted octanol–water partition coefficient (Wildman–Crippen LogP) is 4.12. The lowest BCUT2D eigenvalue weighted by Crippen LogP contribution is -2.05. The molecule has 0 amide bonds. The van der Waals surface area contributed by atoms with Crippen molar-refractivity contribution < 1.29 is 4.79 Å². The van der Waals surface area contributed by atoms with Gasteiger partial charge in [0.1, 0.15) is 5.69 Å². The van der Waals surface area contributed by atoms with Crippen LogP contribution in [0, 0.1) is 0 Å². The normalized spacial score (nSPS) is 10.6. The van der Waals surface area contributed by atoms with Crippen molar-refractivity contribution in [1.82, 2.24) is 4.98 Å². The molecule has 0 spiro atoms. The van der Waals surface area contributed by atoms with E-state index in [-0.39, 0.29) is 5.78 Å². The summed E-state index contributed by atoms with van der Waals surface area (Å²) in [5, 5.41) is 2.28. The van der Waals surface area contributed by atoms with Gasteiger partial charge in [-0.1, -0.05) is 48.0 Å². The quantitative estimate of drug-likeness (QED) is 0.654. The standard InChI is InChI=1S/C16H10ClNO/c17-14-8-4-3-7-13(14)16(19)15-12-6-2-1-5-11(12)9-10-18-15/h1-10H. The lowest BCUT2D eigenvalue weighted by atomic mass is 10.0. The van der Waals surface area contributed by atoms with Crippen LogP contribution in [0.3, 0.4) is 0 Å². The Hall–Kier alpha value is -2.19. The summed E-state index contributed by atoms with van der Waals surface area (Å²) in [6.45, 7) is 0. The molecule has 0 aliphatic heterocycles. The average molecular weight is 268 g/mol. The maximum Gasteiger partial charge on any atom is 0.213 e. The third-order valence-electron chi connectivity index (χ3n) is 3.01. The maximum absolute atomic E-state index is 12.5. The van der Waals surface area contributed by atoms with E-state index in [1.165, 1.54) is 0 Å². The molecule has 1 aromatic heterocycles. The van der Waals surface area contributed by atoms with Gasteiger partial charge in [-0.15, -0.1) is 0 Å². The second-order valence-electron chi connectivity index (χ2n) is 4.19. The highest BCUT2D eigenvalue weighted by Crippen LogP contribution is 2.23. The summed E-state index contributed by atoms with van der Waals surface area (Å²) in [5.74, 6) is -0.151. The largest absolute Gasteiger partial charge is 0.287 e. The summed E-state index contributed by atoms with van der Waals surface area (Å²) in [4.78, 5) is 16.8. The van der Waals surface area contributed by atoms with Gasteiger partial charge in [-0.2, -0.15) is 0 Å². The van der Waals surface area contributed by atoms with Crippen LogP contribution in [0.5, 0.6) is 0 Å². The fraction of sp³-hybridized carbons (Fsp3) is 0. The monoisotopic (exact) mass is 267 g/mol. The van der Waals surface area contributed by atoms with E-state index in [4.69, 9.17) is 11.6 Å². The fourth-order valence-corrected chi connectivity index (χ4v) is 2.30. The van der Waals surface area contributed by atoms with Crippen molar-refractivity contribution in [3.63, 3.8) is 0 Å². The molecule has 0 atom stereocenters. The topological polar surface area (TPSA) is 30.0 Å². The number of nitrogens with zero attached hydrogens (tertiary/aromatic N) is 1. The first kappa shape index (κ1) is 11.9. The number of carbonyl (C=O) groups excluding carboxylic acids is 1. The van der Waals surface area contributed by atoms with Crippen LogP contribution in [0.25, 0.3) is 10.8 Å². The molecule has 0 aliphatic carbocycles. The summed E-state index contributed by atoms with van der Waals surface area (Å²) < 4.78 is 0. The smallest absolute Gasteiger partial charge is 0.213 e. The van der Waals surface area contributed by atoms with E-state index in [9.17, 15) is 4.79 Å². The van der Waals surface area contributed by atoms with Crippen molar-refractivity contribution in [3.05, 3.63) is 77.1 Å². The molecule has 2 aromatic carbocycles. The number of halogens is 1. The Morgan fingerprint density at radius 3 is 2.53 bits per heavy atom. The molecule has 3 rings (SSSR count). The van der Waals surface area contributed by atoms with Crippen molar-refractivity contribution in [2.75, 3.05) is 0 Å². The Kier molecular flexibility index (Phi) is 3.02. The number of rotatable bonds is 2. The molecule has 3 aromatic rings. The van der Waals surface area contributed by atoms with Crippen LogP contribution in [0.2, 0.25) is 5.02 Å². The second-order valence-corrected chi connectivity index (χ2v) is 4.60. The molecule has 19 heavy (non-hydrogen) atoms. The Labute approximate surface area is 115 Å².